The second kappa shape index (κ2) is 8.48. The third-order valence-corrected chi connectivity index (χ3v) is 1.81. The molecule has 0 radical (unpaired) electrons. The normalized spacial score (nSPS) is 13.5. The van der Waals surface area contributed by atoms with Gasteiger partial charge in [-0.3, -0.25) is 4.99 Å². The summed E-state index contributed by atoms with van der Waals surface area (Å²) in [5.41, 5.74) is 2.23. The largest absolute Gasteiger partial charge is 0.386 e. The number of nitrogens with one attached hydrogen (secondary N) is 1. The molecular weight excluding hydrogens is 188 g/mol. The van der Waals surface area contributed by atoms with E-state index in [0.29, 0.717) is 6.04 Å². The molecule has 0 saturated heterocycles. The second-order valence-corrected chi connectivity index (χ2v) is 4.00. The Morgan fingerprint density at radius 2 is 2.07 bits per heavy atom. The monoisotopic (exact) mass is 212 g/mol. The minimum absolute atomic E-state index is 0.475. The Labute approximate surface area is 93.6 Å². The highest BCUT2D eigenvalue weighted by Crippen LogP contribution is 1.93. The summed E-state index contributed by atoms with van der Waals surface area (Å²) in [6.45, 7) is 9.96. The molecule has 0 bridgehead atoms. The van der Waals surface area contributed by atoms with Crippen molar-refractivity contribution in [3.05, 3.63) is 11.8 Å². The molecule has 0 unspecified atom stereocenters. The fourth-order valence-corrected chi connectivity index (χ4v) is 1.32. The molecule has 0 aliphatic heterocycles. The van der Waals surface area contributed by atoms with Crippen molar-refractivity contribution in [1.29, 1.82) is 0 Å². The van der Waals surface area contributed by atoms with Crippen LogP contribution in [-0.4, -0.2) is 32.0 Å². The minimum atomic E-state index is 0.475. The van der Waals surface area contributed by atoms with Gasteiger partial charge in [0.15, 0.2) is 0 Å². The van der Waals surface area contributed by atoms with Crippen molar-refractivity contribution in [3.8, 4) is 0 Å². The van der Waals surface area contributed by atoms with Gasteiger partial charge in [0.2, 0.25) is 0 Å². The summed E-state index contributed by atoms with van der Waals surface area (Å²) in [7, 11) is 1.72. The van der Waals surface area contributed by atoms with E-state index in [-0.39, 0.29) is 0 Å². The SMILES string of the molecule is COCCCN=C(C)/C=C(/C)NC(C)C. The summed E-state index contributed by atoms with van der Waals surface area (Å²) in [4.78, 5) is 4.43. The topological polar surface area (TPSA) is 33.6 Å². The molecule has 0 atom stereocenters. The van der Waals surface area contributed by atoms with Crippen LogP contribution in [-0.2, 0) is 4.74 Å². The van der Waals surface area contributed by atoms with Gasteiger partial charge in [0.25, 0.3) is 0 Å². The first-order chi connectivity index (χ1) is 7.06. The van der Waals surface area contributed by atoms with Gasteiger partial charge in [0.1, 0.15) is 0 Å². The second-order valence-electron chi connectivity index (χ2n) is 4.00. The van der Waals surface area contributed by atoms with Crippen molar-refractivity contribution in [2.75, 3.05) is 20.3 Å². The predicted octanol–water partition coefficient (Wildman–Crippen LogP) is 2.39. The maximum absolute atomic E-state index is 4.96. The number of nitrogens with zero attached hydrogens (tertiary/aromatic N) is 1. The van der Waals surface area contributed by atoms with Gasteiger partial charge >= 0.3 is 0 Å². The Morgan fingerprint density at radius 1 is 1.40 bits per heavy atom. The summed E-state index contributed by atoms with van der Waals surface area (Å²) in [5, 5.41) is 3.33. The van der Waals surface area contributed by atoms with Gasteiger partial charge in [0.05, 0.1) is 0 Å². The van der Waals surface area contributed by atoms with Gasteiger partial charge in [-0.05, 0) is 40.2 Å². The molecule has 1 N–H and O–H groups in total. The fraction of sp³-hybridized carbons (Fsp3) is 0.750. The molecule has 0 fully saturated rings. The number of hydrogen-bond acceptors (Lipinski definition) is 3. The zero-order valence-electron chi connectivity index (χ0n) is 10.6. The lowest BCUT2D eigenvalue weighted by Crippen LogP contribution is -2.20. The Morgan fingerprint density at radius 3 is 2.60 bits per heavy atom. The molecule has 88 valence electrons. The zero-order chi connectivity index (χ0) is 11.7. The first-order valence-corrected chi connectivity index (χ1v) is 5.51. The summed E-state index contributed by atoms with van der Waals surface area (Å²) >= 11 is 0. The third-order valence-electron chi connectivity index (χ3n) is 1.81. The Balaban J connectivity index is 3.92. The van der Waals surface area contributed by atoms with E-state index in [1.165, 1.54) is 0 Å². The molecule has 0 aromatic carbocycles. The van der Waals surface area contributed by atoms with Crippen LogP contribution in [0.2, 0.25) is 0 Å². The van der Waals surface area contributed by atoms with Crippen LogP contribution in [0.4, 0.5) is 0 Å². The molecule has 0 rings (SSSR count). The molecule has 3 nitrogen and oxygen atoms in total. The molecule has 0 spiro atoms. The molecule has 0 amide bonds. The van der Waals surface area contributed by atoms with Crippen LogP contribution in [0.25, 0.3) is 0 Å². The first kappa shape index (κ1) is 14.2. The highest BCUT2D eigenvalue weighted by atomic mass is 16.5. The maximum Gasteiger partial charge on any atom is 0.0479 e. The molecule has 0 aliphatic rings. The Hall–Kier alpha value is -0.830. The Kier molecular flexibility index (Phi) is 8.01. The lowest BCUT2D eigenvalue weighted by molar-refractivity contribution is 0.197. The number of ether oxygens (including phenoxy) is 1. The van der Waals surface area contributed by atoms with Crippen LogP contribution >= 0.6 is 0 Å². The van der Waals surface area contributed by atoms with Crippen LogP contribution in [0.1, 0.15) is 34.1 Å². The highest BCUT2D eigenvalue weighted by molar-refractivity contribution is 5.93. The van der Waals surface area contributed by atoms with E-state index in [4.69, 9.17) is 4.74 Å². The fourth-order valence-electron chi connectivity index (χ4n) is 1.32. The third kappa shape index (κ3) is 9.47. The smallest absolute Gasteiger partial charge is 0.0479 e. The van der Waals surface area contributed by atoms with Crippen LogP contribution in [0, 0.1) is 0 Å². The van der Waals surface area contributed by atoms with E-state index >= 15 is 0 Å². The zero-order valence-corrected chi connectivity index (χ0v) is 10.6. The summed E-state index contributed by atoms with van der Waals surface area (Å²) in [5.74, 6) is 0. The quantitative estimate of drug-likeness (QED) is 0.519. The van der Waals surface area contributed by atoms with E-state index < -0.39 is 0 Å². The van der Waals surface area contributed by atoms with Crippen LogP contribution in [0.5, 0.6) is 0 Å². The minimum Gasteiger partial charge on any atom is -0.386 e. The van der Waals surface area contributed by atoms with E-state index in [0.717, 1.165) is 31.0 Å². The molecule has 0 aromatic rings. The van der Waals surface area contributed by atoms with Crippen molar-refractivity contribution >= 4 is 5.71 Å². The average molecular weight is 212 g/mol. The highest BCUT2D eigenvalue weighted by Gasteiger charge is 1.93. The van der Waals surface area contributed by atoms with Gasteiger partial charge in [-0.2, -0.15) is 0 Å². The van der Waals surface area contributed by atoms with Gasteiger partial charge in [0, 0.05) is 37.7 Å². The number of allylic oxidation sites excluding steroid dienone is 2. The van der Waals surface area contributed by atoms with E-state index in [1.54, 1.807) is 7.11 Å². The van der Waals surface area contributed by atoms with Crippen LogP contribution in [0.3, 0.4) is 0 Å². The molecule has 0 saturated carbocycles. The lowest BCUT2D eigenvalue weighted by atomic mass is 10.3. The molecule has 0 aliphatic carbocycles. The van der Waals surface area contributed by atoms with Crippen molar-refractivity contribution in [1.82, 2.24) is 5.32 Å². The van der Waals surface area contributed by atoms with Gasteiger partial charge in [-0.25, -0.2) is 0 Å². The summed E-state index contributed by atoms with van der Waals surface area (Å²) < 4.78 is 4.96. The molecule has 0 heterocycles. The van der Waals surface area contributed by atoms with Gasteiger partial charge < -0.3 is 10.1 Å². The van der Waals surface area contributed by atoms with Crippen LogP contribution < -0.4 is 5.32 Å². The van der Waals surface area contributed by atoms with Crippen molar-refractivity contribution < 1.29 is 4.74 Å². The molecule has 3 heteroatoms. The maximum atomic E-state index is 4.96. The van der Waals surface area contributed by atoms with E-state index in [9.17, 15) is 0 Å². The molecule has 15 heavy (non-hydrogen) atoms. The van der Waals surface area contributed by atoms with Crippen molar-refractivity contribution in [2.45, 2.75) is 40.2 Å². The first-order valence-electron chi connectivity index (χ1n) is 5.51. The predicted molar refractivity (Wildman–Crippen MR) is 66.5 cm³/mol. The number of rotatable bonds is 7. The molecular formula is C12H24N2O. The average Bonchev–Trinajstić information content (AvgIpc) is 2.10. The van der Waals surface area contributed by atoms with Crippen molar-refractivity contribution in [3.63, 3.8) is 0 Å². The number of methoxy groups -OCH3 is 1. The van der Waals surface area contributed by atoms with E-state index in [2.05, 4.69) is 37.2 Å². The summed E-state index contributed by atoms with van der Waals surface area (Å²) in [6.07, 6.45) is 3.06. The standard InChI is InChI=1S/C12H24N2O/c1-10(2)14-12(4)9-11(3)13-7-6-8-15-5/h9-10,14H,6-8H2,1-5H3/b12-9-,13-11?. The van der Waals surface area contributed by atoms with Crippen LogP contribution in [0.15, 0.2) is 16.8 Å². The van der Waals surface area contributed by atoms with Gasteiger partial charge in [-0.15, -0.1) is 0 Å². The van der Waals surface area contributed by atoms with Crippen molar-refractivity contribution in [2.24, 2.45) is 4.99 Å². The van der Waals surface area contributed by atoms with E-state index in [1.807, 2.05) is 6.92 Å². The van der Waals surface area contributed by atoms with Gasteiger partial charge in [-0.1, -0.05) is 0 Å². The number of aliphatic imine (C=N–C) groups is 1. The Bertz CT molecular complexity index is 220. The number of hydrogen-bond donors (Lipinski definition) is 1. The summed E-state index contributed by atoms with van der Waals surface area (Å²) in [6, 6.07) is 0.475. The lowest BCUT2D eigenvalue weighted by Gasteiger charge is -2.09. The molecule has 0 aromatic heterocycles.